The van der Waals surface area contributed by atoms with Gasteiger partial charge in [0.15, 0.2) is 0 Å². The molecule has 3 rings (SSSR count). The second kappa shape index (κ2) is 9.80. The molecule has 0 radical (unpaired) electrons. The Bertz CT molecular complexity index is 870. The first-order valence-corrected chi connectivity index (χ1v) is 10.6. The van der Waals surface area contributed by atoms with Gasteiger partial charge in [0.2, 0.25) is 5.91 Å². The van der Waals surface area contributed by atoms with Gasteiger partial charge in [-0.25, -0.2) is 0 Å². The van der Waals surface area contributed by atoms with Crippen LogP contribution in [0.25, 0.3) is 6.08 Å². The van der Waals surface area contributed by atoms with E-state index in [1.165, 1.54) is 0 Å². The smallest absolute Gasteiger partial charge is 0.250 e. The van der Waals surface area contributed by atoms with Crippen LogP contribution < -0.4 is 5.73 Å². The number of hydrogen-bond acceptors (Lipinski definition) is 3. The minimum absolute atomic E-state index is 0.0608. The SMILES string of the molecule is NC(=O)C1CCCN(C(=O)/C(=C/c2ccccc2Cl)CSc2ccccc2)C1. The van der Waals surface area contributed by atoms with E-state index in [9.17, 15) is 9.59 Å². The standard InChI is InChI=1S/C22H23ClN2O2S/c23-20-11-5-4-7-16(20)13-18(15-28-19-9-2-1-3-10-19)22(27)25-12-6-8-17(14-25)21(24)26/h1-5,7,9-11,13,17H,6,8,12,14-15H2,(H2,24,26)/b18-13+. The zero-order valence-electron chi connectivity index (χ0n) is 15.5. The van der Waals surface area contributed by atoms with Crippen molar-refractivity contribution in [3.05, 3.63) is 70.8 Å². The van der Waals surface area contributed by atoms with Gasteiger partial charge in [0, 0.05) is 34.3 Å². The lowest BCUT2D eigenvalue weighted by atomic mass is 9.97. The molecular weight excluding hydrogens is 392 g/mol. The summed E-state index contributed by atoms with van der Waals surface area (Å²) in [7, 11) is 0. The molecule has 1 aliphatic heterocycles. The van der Waals surface area contributed by atoms with Crippen LogP contribution in [0.5, 0.6) is 0 Å². The maximum Gasteiger partial charge on any atom is 0.250 e. The number of amides is 2. The Kier molecular flexibility index (Phi) is 7.18. The van der Waals surface area contributed by atoms with Gasteiger partial charge < -0.3 is 10.6 Å². The molecule has 0 bridgehead atoms. The number of likely N-dealkylation sites (tertiary alicyclic amines) is 1. The van der Waals surface area contributed by atoms with Crippen molar-refractivity contribution in [1.29, 1.82) is 0 Å². The summed E-state index contributed by atoms with van der Waals surface area (Å²) in [4.78, 5) is 27.7. The molecule has 1 fully saturated rings. The molecule has 1 aliphatic rings. The van der Waals surface area contributed by atoms with Gasteiger partial charge in [-0.1, -0.05) is 48.0 Å². The van der Waals surface area contributed by atoms with Gasteiger partial charge in [-0.2, -0.15) is 0 Å². The zero-order chi connectivity index (χ0) is 19.9. The van der Waals surface area contributed by atoms with Crippen LogP contribution in [-0.4, -0.2) is 35.6 Å². The van der Waals surface area contributed by atoms with Crippen molar-refractivity contribution in [2.45, 2.75) is 17.7 Å². The molecule has 0 aromatic heterocycles. The Balaban J connectivity index is 1.83. The lowest BCUT2D eigenvalue weighted by Gasteiger charge is -2.32. The average molecular weight is 415 g/mol. The summed E-state index contributed by atoms with van der Waals surface area (Å²) in [6.45, 7) is 1.02. The van der Waals surface area contributed by atoms with Crippen LogP contribution in [0.1, 0.15) is 18.4 Å². The van der Waals surface area contributed by atoms with Crippen LogP contribution in [0.4, 0.5) is 0 Å². The first-order valence-electron chi connectivity index (χ1n) is 9.26. The summed E-state index contributed by atoms with van der Waals surface area (Å²) in [6.07, 6.45) is 3.38. The Hall–Kier alpha value is -2.24. The summed E-state index contributed by atoms with van der Waals surface area (Å²) in [5, 5.41) is 0.603. The number of hydrogen-bond donors (Lipinski definition) is 1. The Morgan fingerprint density at radius 1 is 1.14 bits per heavy atom. The lowest BCUT2D eigenvalue weighted by Crippen LogP contribution is -2.44. The second-order valence-electron chi connectivity index (χ2n) is 6.79. The molecule has 2 amide bonds. The van der Waals surface area contributed by atoms with Gasteiger partial charge in [-0.3, -0.25) is 9.59 Å². The van der Waals surface area contributed by atoms with E-state index in [1.54, 1.807) is 16.7 Å². The predicted octanol–water partition coefficient (Wildman–Crippen LogP) is 4.24. The number of carbonyl (C=O) groups is 2. The maximum absolute atomic E-state index is 13.3. The summed E-state index contributed by atoms with van der Waals surface area (Å²) < 4.78 is 0. The molecule has 4 nitrogen and oxygen atoms in total. The fourth-order valence-corrected chi connectivity index (χ4v) is 4.29. The van der Waals surface area contributed by atoms with E-state index in [-0.39, 0.29) is 17.7 Å². The first kappa shape index (κ1) is 20.5. The molecule has 1 unspecified atom stereocenters. The number of benzene rings is 2. The highest BCUT2D eigenvalue weighted by Crippen LogP contribution is 2.26. The molecule has 0 saturated carbocycles. The van der Waals surface area contributed by atoms with Crippen molar-refractivity contribution in [1.82, 2.24) is 4.90 Å². The van der Waals surface area contributed by atoms with Crippen molar-refractivity contribution < 1.29 is 9.59 Å². The third-order valence-electron chi connectivity index (χ3n) is 4.76. The van der Waals surface area contributed by atoms with E-state index in [2.05, 4.69) is 0 Å². The number of nitrogens with two attached hydrogens (primary N) is 1. The highest BCUT2D eigenvalue weighted by atomic mass is 35.5. The second-order valence-corrected chi connectivity index (χ2v) is 8.24. The molecule has 0 aliphatic carbocycles. The van der Waals surface area contributed by atoms with Crippen molar-refractivity contribution >= 4 is 41.3 Å². The number of thioether (sulfide) groups is 1. The molecule has 1 saturated heterocycles. The molecule has 1 heterocycles. The molecule has 0 spiro atoms. The van der Waals surface area contributed by atoms with Crippen LogP contribution >= 0.6 is 23.4 Å². The lowest BCUT2D eigenvalue weighted by molar-refractivity contribution is -0.131. The number of nitrogens with zero attached hydrogens (tertiary/aromatic N) is 1. The highest BCUT2D eigenvalue weighted by molar-refractivity contribution is 7.99. The number of carbonyl (C=O) groups excluding carboxylic acids is 2. The van der Waals surface area contributed by atoms with E-state index in [0.29, 0.717) is 29.4 Å². The number of halogens is 1. The normalized spacial score (nSPS) is 17.4. The average Bonchev–Trinajstić information content (AvgIpc) is 2.72. The summed E-state index contributed by atoms with van der Waals surface area (Å²) in [5.74, 6) is -0.158. The molecule has 146 valence electrons. The van der Waals surface area contributed by atoms with Crippen LogP contribution in [0.15, 0.2) is 65.1 Å². The van der Waals surface area contributed by atoms with Crippen molar-refractivity contribution in [3.63, 3.8) is 0 Å². The van der Waals surface area contributed by atoms with Gasteiger partial charge in [0.1, 0.15) is 0 Å². The topological polar surface area (TPSA) is 63.4 Å². The third kappa shape index (κ3) is 5.40. The number of primary amides is 1. The molecule has 2 aromatic carbocycles. The van der Waals surface area contributed by atoms with Gasteiger partial charge in [-0.15, -0.1) is 11.8 Å². The van der Waals surface area contributed by atoms with E-state index >= 15 is 0 Å². The molecule has 28 heavy (non-hydrogen) atoms. The Morgan fingerprint density at radius 3 is 2.57 bits per heavy atom. The molecular formula is C22H23ClN2O2S. The van der Waals surface area contributed by atoms with E-state index < -0.39 is 0 Å². The van der Waals surface area contributed by atoms with Gasteiger partial charge in [0.25, 0.3) is 5.91 Å². The molecule has 1 atom stereocenters. The number of rotatable bonds is 6. The predicted molar refractivity (Wildman–Crippen MR) is 115 cm³/mol. The fourth-order valence-electron chi connectivity index (χ4n) is 3.22. The van der Waals surface area contributed by atoms with Gasteiger partial charge in [0.05, 0.1) is 5.92 Å². The maximum atomic E-state index is 13.3. The van der Waals surface area contributed by atoms with E-state index in [1.807, 2.05) is 60.7 Å². The summed E-state index contributed by atoms with van der Waals surface area (Å²) >= 11 is 7.91. The summed E-state index contributed by atoms with van der Waals surface area (Å²) in [5.41, 5.74) is 6.94. The minimum Gasteiger partial charge on any atom is -0.369 e. The van der Waals surface area contributed by atoms with Crippen LogP contribution in [-0.2, 0) is 9.59 Å². The van der Waals surface area contributed by atoms with Crippen LogP contribution in [0.3, 0.4) is 0 Å². The van der Waals surface area contributed by atoms with E-state index in [4.69, 9.17) is 17.3 Å². The largest absolute Gasteiger partial charge is 0.369 e. The third-order valence-corrected chi connectivity index (χ3v) is 6.16. The van der Waals surface area contributed by atoms with Gasteiger partial charge in [-0.05, 0) is 42.7 Å². The van der Waals surface area contributed by atoms with Crippen molar-refractivity contribution in [3.8, 4) is 0 Å². The first-order chi connectivity index (χ1) is 13.5. The Labute approximate surface area is 174 Å². The van der Waals surface area contributed by atoms with Crippen molar-refractivity contribution in [2.24, 2.45) is 11.7 Å². The number of piperidine rings is 1. The Morgan fingerprint density at radius 2 is 1.86 bits per heavy atom. The fraction of sp³-hybridized carbons (Fsp3) is 0.273. The van der Waals surface area contributed by atoms with Gasteiger partial charge >= 0.3 is 0 Å². The van der Waals surface area contributed by atoms with Crippen molar-refractivity contribution in [2.75, 3.05) is 18.8 Å². The quantitative estimate of drug-likeness (QED) is 0.568. The molecule has 2 aromatic rings. The van der Waals surface area contributed by atoms with Crippen LogP contribution in [0, 0.1) is 5.92 Å². The monoisotopic (exact) mass is 414 g/mol. The zero-order valence-corrected chi connectivity index (χ0v) is 17.1. The summed E-state index contributed by atoms with van der Waals surface area (Å²) in [6, 6.07) is 17.4. The van der Waals surface area contributed by atoms with Crippen LogP contribution in [0.2, 0.25) is 5.02 Å². The minimum atomic E-state index is -0.340. The van der Waals surface area contributed by atoms with E-state index in [0.717, 1.165) is 23.3 Å². The molecule has 6 heteroatoms. The highest BCUT2D eigenvalue weighted by Gasteiger charge is 2.28. The molecule has 2 N–H and O–H groups in total.